The van der Waals surface area contributed by atoms with E-state index in [4.69, 9.17) is 14.2 Å². The Kier molecular flexibility index (Phi) is 46.4. The molecule has 0 radical (unpaired) electrons. The van der Waals surface area contributed by atoms with Crippen LogP contribution in [0.25, 0.3) is 0 Å². The molecule has 0 aliphatic rings. The Morgan fingerprint density at radius 2 is 0.600 bits per heavy atom. The number of hydrogen-bond donors (Lipinski definition) is 0. The summed E-state index contributed by atoms with van der Waals surface area (Å²) in [5.74, 6) is -0.910. The van der Waals surface area contributed by atoms with Gasteiger partial charge in [0, 0.05) is 19.3 Å². The van der Waals surface area contributed by atoms with E-state index in [-0.39, 0.29) is 31.1 Å². The molecule has 0 aromatic heterocycles. The molecule has 0 N–H and O–H groups in total. The summed E-state index contributed by atoms with van der Waals surface area (Å²) in [7, 11) is 0. The molecule has 0 saturated carbocycles. The molecule has 0 aliphatic carbocycles. The molecule has 346 valence electrons. The van der Waals surface area contributed by atoms with E-state index in [0.29, 0.717) is 19.3 Å². The third kappa shape index (κ3) is 46.2. The average Bonchev–Trinajstić information content (AvgIpc) is 3.24. The topological polar surface area (TPSA) is 78.9 Å². The summed E-state index contributed by atoms with van der Waals surface area (Å²) < 4.78 is 16.7. The van der Waals surface area contributed by atoms with Gasteiger partial charge in [-0.3, -0.25) is 14.4 Å². The van der Waals surface area contributed by atoms with E-state index in [0.717, 1.165) is 89.9 Å². The summed E-state index contributed by atoms with van der Waals surface area (Å²) in [6.07, 6.45) is 59.3. The molecule has 0 saturated heterocycles. The van der Waals surface area contributed by atoms with Crippen molar-refractivity contribution >= 4 is 17.9 Å². The first-order valence-electron chi connectivity index (χ1n) is 25.3. The van der Waals surface area contributed by atoms with Gasteiger partial charge in [-0.25, -0.2) is 0 Å². The molecule has 1 unspecified atom stereocenters. The van der Waals surface area contributed by atoms with Crippen molar-refractivity contribution in [3.05, 3.63) is 60.8 Å². The van der Waals surface area contributed by atoms with Gasteiger partial charge in [0.25, 0.3) is 0 Å². The summed E-state index contributed by atoms with van der Waals surface area (Å²) in [6, 6.07) is 0. The highest BCUT2D eigenvalue weighted by Gasteiger charge is 2.19. The molecule has 0 heterocycles. The Balaban J connectivity index is 4.26. The first kappa shape index (κ1) is 57.1. The normalized spacial score (nSPS) is 12.5. The molecule has 0 aliphatic heterocycles. The molecule has 0 fully saturated rings. The van der Waals surface area contributed by atoms with Gasteiger partial charge in [0.2, 0.25) is 0 Å². The predicted molar refractivity (Wildman–Crippen MR) is 256 cm³/mol. The van der Waals surface area contributed by atoms with Crippen molar-refractivity contribution < 1.29 is 28.6 Å². The average molecular weight is 839 g/mol. The van der Waals surface area contributed by atoms with Gasteiger partial charge in [-0.05, 0) is 89.9 Å². The number of rotatable bonds is 45. The second-order valence-electron chi connectivity index (χ2n) is 16.7. The van der Waals surface area contributed by atoms with Crippen LogP contribution >= 0.6 is 0 Å². The van der Waals surface area contributed by atoms with Crippen LogP contribution in [0, 0.1) is 0 Å². The lowest BCUT2D eigenvalue weighted by molar-refractivity contribution is -0.167. The third-order valence-corrected chi connectivity index (χ3v) is 10.7. The maximum Gasteiger partial charge on any atom is 0.306 e. The zero-order valence-electron chi connectivity index (χ0n) is 39.5. The lowest BCUT2D eigenvalue weighted by Crippen LogP contribution is -2.30. The second kappa shape index (κ2) is 48.8. The van der Waals surface area contributed by atoms with E-state index in [1.807, 2.05) is 0 Å². The van der Waals surface area contributed by atoms with Gasteiger partial charge in [0.1, 0.15) is 13.2 Å². The number of carbonyl (C=O) groups excluding carboxylic acids is 3. The monoisotopic (exact) mass is 839 g/mol. The minimum atomic E-state index is -0.779. The lowest BCUT2D eigenvalue weighted by atomic mass is 10.1. The fourth-order valence-electron chi connectivity index (χ4n) is 6.89. The van der Waals surface area contributed by atoms with Crippen LogP contribution in [0.3, 0.4) is 0 Å². The standard InChI is InChI=1S/C54H94O6/c1-4-7-10-13-16-18-20-22-24-26-27-29-30-32-34-36-38-41-44-47-53(56)59-50-51(49-58-52(55)46-43-40-15-12-9-6-3)60-54(57)48-45-42-39-37-35-33-31-28-25-23-21-19-17-14-11-8-5-2/h16-19,22-25,27,29,51H,4-15,20-21,26,28,30-50H2,1-3H3/b18-16-,19-17-,24-22-,25-23-,29-27-. The van der Waals surface area contributed by atoms with Crippen molar-refractivity contribution in [3.8, 4) is 0 Å². The van der Waals surface area contributed by atoms with Crippen molar-refractivity contribution in [2.24, 2.45) is 0 Å². The molecule has 6 heteroatoms. The van der Waals surface area contributed by atoms with Crippen molar-refractivity contribution in [1.82, 2.24) is 0 Å². The summed E-state index contributed by atoms with van der Waals surface area (Å²) in [4.78, 5) is 37.7. The largest absolute Gasteiger partial charge is 0.462 e. The van der Waals surface area contributed by atoms with Crippen LogP contribution in [0.2, 0.25) is 0 Å². The summed E-state index contributed by atoms with van der Waals surface area (Å²) in [6.45, 7) is 6.51. The Hall–Kier alpha value is -2.89. The lowest BCUT2D eigenvalue weighted by Gasteiger charge is -2.18. The van der Waals surface area contributed by atoms with E-state index in [1.54, 1.807) is 0 Å². The first-order valence-corrected chi connectivity index (χ1v) is 25.3. The second-order valence-corrected chi connectivity index (χ2v) is 16.7. The van der Waals surface area contributed by atoms with E-state index in [2.05, 4.69) is 81.5 Å². The molecule has 0 aromatic rings. The molecule has 6 nitrogen and oxygen atoms in total. The van der Waals surface area contributed by atoms with Gasteiger partial charge in [0.05, 0.1) is 0 Å². The summed E-state index contributed by atoms with van der Waals surface area (Å²) in [5, 5.41) is 0. The number of carbonyl (C=O) groups is 3. The molecule has 0 amide bonds. The molecule has 1 atom stereocenters. The fraction of sp³-hybridized carbons (Fsp3) is 0.759. The van der Waals surface area contributed by atoms with Gasteiger partial charge in [-0.15, -0.1) is 0 Å². The smallest absolute Gasteiger partial charge is 0.306 e. The molecule has 0 rings (SSSR count). The SMILES string of the molecule is CCCCC/C=C\C/C=C\C/C=C\CCCCCCCCC(=O)OCC(COC(=O)CCCCCCCC)OC(=O)CCCCCCCCC/C=C\C/C=C\CCCCC. The number of esters is 3. The van der Waals surface area contributed by atoms with Gasteiger partial charge in [0.15, 0.2) is 6.10 Å². The molecule has 0 bridgehead atoms. The van der Waals surface area contributed by atoms with Gasteiger partial charge in [-0.1, -0.05) is 197 Å². The number of ether oxygens (including phenoxy) is 3. The molecule has 0 spiro atoms. The number of hydrogen-bond acceptors (Lipinski definition) is 6. The van der Waals surface area contributed by atoms with Crippen LogP contribution < -0.4 is 0 Å². The third-order valence-electron chi connectivity index (χ3n) is 10.7. The van der Waals surface area contributed by atoms with E-state index >= 15 is 0 Å². The predicted octanol–water partition coefficient (Wildman–Crippen LogP) is 16.5. The maximum atomic E-state index is 12.7. The van der Waals surface area contributed by atoms with Crippen molar-refractivity contribution in [2.75, 3.05) is 13.2 Å². The van der Waals surface area contributed by atoms with Crippen molar-refractivity contribution in [3.63, 3.8) is 0 Å². The minimum Gasteiger partial charge on any atom is -0.462 e. The van der Waals surface area contributed by atoms with Crippen LogP contribution in [-0.4, -0.2) is 37.2 Å². The molecular formula is C54H94O6. The Morgan fingerprint density at radius 3 is 0.967 bits per heavy atom. The van der Waals surface area contributed by atoms with Crippen LogP contribution in [-0.2, 0) is 28.6 Å². The highest BCUT2D eigenvalue weighted by molar-refractivity contribution is 5.71. The molecule has 0 aromatic carbocycles. The summed E-state index contributed by atoms with van der Waals surface area (Å²) in [5.41, 5.74) is 0. The van der Waals surface area contributed by atoms with Gasteiger partial charge >= 0.3 is 17.9 Å². The van der Waals surface area contributed by atoms with Crippen molar-refractivity contribution in [1.29, 1.82) is 0 Å². The van der Waals surface area contributed by atoms with Crippen LogP contribution in [0.1, 0.15) is 245 Å². The zero-order valence-corrected chi connectivity index (χ0v) is 39.5. The van der Waals surface area contributed by atoms with Crippen molar-refractivity contribution in [2.45, 2.75) is 252 Å². The Labute approximate surface area is 370 Å². The molecule has 60 heavy (non-hydrogen) atoms. The Morgan fingerprint density at radius 1 is 0.333 bits per heavy atom. The van der Waals surface area contributed by atoms with E-state index < -0.39 is 6.10 Å². The number of allylic oxidation sites excluding steroid dienone is 10. The van der Waals surface area contributed by atoms with Gasteiger partial charge in [-0.2, -0.15) is 0 Å². The van der Waals surface area contributed by atoms with E-state index in [1.165, 1.54) is 116 Å². The molecular weight excluding hydrogens is 745 g/mol. The van der Waals surface area contributed by atoms with Crippen LogP contribution in [0.4, 0.5) is 0 Å². The number of unbranched alkanes of at least 4 members (excludes halogenated alkanes) is 24. The quantitative estimate of drug-likeness (QED) is 0.0263. The zero-order chi connectivity index (χ0) is 43.7. The Bertz CT molecular complexity index is 1100. The van der Waals surface area contributed by atoms with E-state index in [9.17, 15) is 14.4 Å². The minimum absolute atomic E-state index is 0.0820. The van der Waals surface area contributed by atoms with Crippen LogP contribution in [0.15, 0.2) is 60.8 Å². The highest BCUT2D eigenvalue weighted by Crippen LogP contribution is 2.14. The van der Waals surface area contributed by atoms with Gasteiger partial charge < -0.3 is 14.2 Å². The maximum absolute atomic E-state index is 12.7. The first-order chi connectivity index (χ1) is 29.5. The summed E-state index contributed by atoms with van der Waals surface area (Å²) >= 11 is 0. The highest BCUT2D eigenvalue weighted by atomic mass is 16.6. The van der Waals surface area contributed by atoms with Crippen LogP contribution in [0.5, 0.6) is 0 Å². The fourth-order valence-corrected chi connectivity index (χ4v) is 6.89.